The predicted molar refractivity (Wildman–Crippen MR) is 135 cm³/mol. The molecular weight excluding hydrogens is 430 g/mol. The Morgan fingerprint density at radius 3 is 2.29 bits per heavy atom. The van der Waals surface area contributed by atoms with Gasteiger partial charge < -0.3 is 24.6 Å². The highest BCUT2D eigenvalue weighted by atomic mass is 16.5. The van der Waals surface area contributed by atoms with Gasteiger partial charge in [-0.25, -0.2) is 0 Å². The Hall–Kier alpha value is -2.41. The van der Waals surface area contributed by atoms with Gasteiger partial charge in [-0.2, -0.15) is 0 Å². The number of ether oxygens (including phenoxy) is 2. The summed E-state index contributed by atoms with van der Waals surface area (Å²) in [6.45, 7) is 7.55. The molecule has 34 heavy (non-hydrogen) atoms. The van der Waals surface area contributed by atoms with Gasteiger partial charge in [0.05, 0.1) is 32.8 Å². The molecule has 0 radical (unpaired) electrons. The first-order valence-electron chi connectivity index (χ1n) is 12.0. The number of aliphatic hydroxyl groups is 2. The molecule has 2 rings (SSSR count). The maximum atomic E-state index is 13.1. The average molecular weight is 472 g/mol. The zero-order valence-corrected chi connectivity index (χ0v) is 21.6. The van der Waals surface area contributed by atoms with Gasteiger partial charge in [0.1, 0.15) is 5.75 Å². The summed E-state index contributed by atoms with van der Waals surface area (Å²) in [5, 5.41) is 19.4. The van der Waals surface area contributed by atoms with Crippen LogP contribution in [0.3, 0.4) is 0 Å². The van der Waals surface area contributed by atoms with E-state index in [0.717, 1.165) is 42.8 Å². The normalized spacial score (nSPS) is 13.2. The molecule has 188 valence electrons. The molecule has 0 fully saturated rings. The van der Waals surface area contributed by atoms with Crippen molar-refractivity contribution in [3.8, 4) is 5.75 Å². The Labute approximate surface area is 204 Å². The van der Waals surface area contributed by atoms with Crippen molar-refractivity contribution in [3.63, 3.8) is 0 Å². The van der Waals surface area contributed by atoms with Gasteiger partial charge >= 0.3 is 5.97 Å². The third kappa shape index (κ3) is 6.38. The second kappa shape index (κ2) is 12.9. The van der Waals surface area contributed by atoms with Crippen LogP contribution in [0.1, 0.15) is 54.5 Å². The number of carbonyl (C=O) groups excluding carboxylic acids is 1. The van der Waals surface area contributed by atoms with Crippen LogP contribution in [0.5, 0.6) is 5.75 Å². The van der Waals surface area contributed by atoms with Crippen LogP contribution in [0.2, 0.25) is 0 Å². The van der Waals surface area contributed by atoms with Gasteiger partial charge in [0.25, 0.3) is 0 Å². The largest absolute Gasteiger partial charge is 0.496 e. The number of methoxy groups -OCH3 is 2. The average Bonchev–Trinajstić information content (AvgIpc) is 2.84. The number of rotatable bonds is 13. The van der Waals surface area contributed by atoms with Gasteiger partial charge in [-0.3, -0.25) is 4.79 Å². The first-order chi connectivity index (χ1) is 16.2. The van der Waals surface area contributed by atoms with Crippen molar-refractivity contribution in [2.45, 2.75) is 58.7 Å². The Morgan fingerprint density at radius 2 is 1.74 bits per heavy atom. The summed E-state index contributed by atoms with van der Waals surface area (Å²) < 4.78 is 10.6. The third-order valence-electron chi connectivity index (χ3n) is 6.95. The topological polar surface area (TPSA) is 79.2 Å². The minimum Gasteiger partial charge on any atom is -0.496 e. The van der Waals surface area contributed by atoms with Crippen molar-refractivity contribution in [2.24, 2.45) is 5.92 Å². The first-order valence-corrected chi connectivity index (χ1v) is 12.0. The van der Waals surface area contributed by atoms with Crippen LogP contribution in [0, 0.1) is 12.8 Å². The number of aryl methyl sites for hydroxylation is 1. The summed E-state index contributed by atoms with van der Waals surface area (Å²) in [6, 6.07) is 11.8. The molecule has 2 aromatic rings. The number of hydrogen-bond donors (Lipinski definition) is 2. The van der Waals surface area contributed by atoms with Gasteiger partial charge in [0.15, 0.2) is 0 Å². The maximum Gasteiger partial charge on any atom is 0.316 e. The van der Waals surface area contributed by atoms with E-state index >= 15 is 0 Å². The molecule has 0 bridgehead atoms. The van der Waals surface area contributed by atoms with Crippen molar-refractivity contribution in [1.82, 2.24) is 4.90 Å². The van der Waals surface area contributed by atoms with E-state index in [9.17, 15) is 15.0 Å². The molecule has 0 aromatic heterocycles. The molecule has 6 nitrogen and oxygen atoms in total. The smallest absolute Gasteiger partial charge is 0.316 e. The highest BCUT2D eigenvalue weighted by Gasteiger charge is 2.44. The van der Waals surface area contributed by atoms with E-state index < -0.39 is 5.41 Å². The van der Waals surface area contributed by atoms with Crippen LogP contribution < -0.4 is 4.74 Å². The summed E-state index contributed by atoms with van der Waals surface area (Å²) >= 11 is 0. The summed E-state index contributed by atoms with van der Waals surface area (Å²) in [6.07, 6.45) is 2.39. The SMILES string of the molecule is COC(=O)C(CCCN(C)CCc1ccc(OC)c(C)c1)(c1ccc(CO)c(CO)c1)C(C)C. The molecule has 2 N–H and O–H groups in total. The molecule has 6 heteroatoms. The lowest BCUT2D eigenvalue weighted by Gasteiger charge is -2.36. The summed E-state index contributed by atoms with van der Waals surface area (Å²) in [4.78, 5) is 15.4. The third-order valence-corrected chi connectivity index (χ3v) is 6.95. The van der Waals surface area contributed by atoms with Crippen LogP contribution in [-0.4, -0.2) is 55.4 Å². The first kappa shape index (κ1) is 27.8. The van der Waals surface area contributed by atoms with E-state index in [4.69, 9.17) is 9.47 Å². The molecule has 0 amide bonds. The predicted octanol–water partition coefficient (Wildman–Crippen LogP) is 4.01. The highest BCUT2D eigenvalue weighted by Crippen LogP contribution is 2.39. The lowest BCUT2D eigenvalue weighted by Crippen LogP contribution is -2.42. The van der Waals surface area contributed by atoms with E-state index in [0.29, 0.717) is 17.5 Å². The van der Waals surface area contributed by atoms with E-state index in [1.165, 1.54) is 12.7 Å². The fraction of sp³-hybridized carbons (Fsp3) is 0.536. The number of carbonyl (C=O) groups is 1. The molecule has 1 unspecified atom stereocenters. The minimum atomic E-state index is -0.819. The molecule has 0 heterocycles. The fourth-order valence-electron chi connectivity index (χ4n) is 4.76. The van der Waals surface area contributed by atoms with Gasteiger partial charge in [0, 0.05) is 6.54 Å². The van der Waals surface area contributed by atoms with E-state index in [-0.39, 0.29) is 25.1 Å². The van der Waals surface area contributed by atoms with Crippen LogP contribution in [0.25, 0.3) is 0 Å². The fourth-order valence-corrected chi connectivity index (χ4v) is 4.76. The molecule has 2 aromatic carbocycles. The Bertz CT molecular complexity index is 942. The minimum absolute atomic E-state index is 0.000880. The maximum absolute atomic E-state index is 13.1. The molecule has 0 aliphatic heterocycles. The quantitative estimate of drug-likeness (QED) is 0.430. The van der Waals surface area contributed by atoms with Crippen molar-refractivity contribution in [2.75, 3.05) is 34.4 Å². The van der Waals surface area contributed by atoms with Gasteiger partial charge in [-0.15, -0.1) is 0 Å². The Balaban J connectivity index is 2.12. The molecule has 0 saturated carbocycles. The lowest BCUT2D eigenvalue weighted by atomic mass is 9.68. The zero-order valence-electron chi connectivity index (χ0n) is 21.6. The van der Waals surface area contributed by atoms with E-state index in [1.807, 2.05) is 32.0 Å². The molecule has 0 aliphatic carbocycles. The van der Waals surface area contributed by atoms with Gasteiger partial charge in [-0.05, 0) is 79.6 Å². The van der Waals surface area contributed by atoms with E-state index in [2.05, 4.69) is 31.0 Å². The number of benzene rings is 2. The van der Waals surface area contributed by atoms with Crippen molar-refractivity contribution in [1.29, 1.82) is 0 Å². The van der Waals surface area contributed by atoms with Crippen LogP contribution in [-0.2, 0) is 34.6 Å². The number of esters is 1. The van der Waals surface area contributed by atoms with Crippen molar-refractivity contribution < 1.29 is 24.5 Å². The monoisotopic (exact) mass is 471 g/mol. The van der Waals surface area contributed by atoms with Crippen LogP contribution in [0.15, 0.2) is 36.4 Å². The standard InChI is InChI=1S/C28H41NO5/c1-20(2)28(27(32)34-6,25-10-9-23(18-30)24(17-25)19-31)13-7-14-29(4)15-12-22-8-11-26(33-5)21(3)16-22/h8-11,16-17,20,30-31H,7,12-15,18-19H2,1-6H3. The van der Waals surface area contributed by atoms with E-state index in [1.54, 1.807) is 13.2 Å². The summed E-state index contributed by atoms with van der Waals surface area (Å²) in [5.41, 5.74) is 3.73. The number of nitrogens with zero attached hydrogens (tertiary/aromatic N) is 1. The van der Waals surface area contributed by atoms with Gasteiger partial charge in [-0.1, -0.05) is 44.2 Å². The van der Waals surface area contributed by atoms with Gasteiger partial charge in [0.2, 0.25) is 0 Å². The molecule has 0 saturated heterocycles. The summed E-state index contributed by atoms with van der Waals surface area (Å²) in [7, 11) is 5.22. The molecule has 1 atom stereocenters. The van der Waals surface area contributed by atoms with Crippen molar-refractivity contribution >= 4 is 5.97 Å². The second-order valence-corrected chi connectivity index (χ2v) is 9.38. The van der Waals surface area contributed by atoms with Crippen LogP contribution in [0.4, 0.5) is 0 Å². The second-order valence-electron chi connectivity index (χ2n) is 9.38. The molecule has 0 aliphatic rings. The Kier molecular flexibility index (Phi) is 10.5. The molecular formula is C28H41NO5. The van der Waals surface area contributed by atoms with Crippen LogP contribution >= 0.6 is 0 Å². The lowest BCUT2D eigenvalue weighted by molar-refractivity contribution is -0.150. The zero-order chi connectivity index (χ0) is 25.3. The summed E-state index contributed by atoms with van der Waals surface area (Å²) in [5.74, 6) is 0.639. The number of hydrogen-bond acceptors (Lipinski definition) is 6. The number of aliphatic hydroxyl groups excluding tert-OH is 2. The Morgan fingerprint density at radius 1 is 1.03 bits per heavy atom. The highest BCUT2D eigenvalue weighted by molar-refractivity contribution is 5.83. The molecule has 0 spiro atoms. The number of likely N-dealkylation sites (N-methyl/N-ethyl adjacent to an activating group) is 1. The van der Waals surface area contributed by atoms with Crippen molar-refractivity contribution in [3.05, 3.63) is 64.2 Å².